The summed E-state index contributed by atoms with van der Waals surface area (Å²) in [6, 6.07) is 4.28. The highest BCUT2D eigenvalue weighted by Crippen LogP contribution is 2.40. The fourth-order valence-corrected chi connectivity index (χ4v) is 4.87. The SMILES string of the molecule is Cc1cc(C)c(B(C2=C=CC=C2)c2c(Cl)c(Cl)c(Cl)c(Cl)c2Cl)c(C)c1. The van der Waals surface area contributed by atoms with Crippen molar-refractivity contribution < 1.29 is 0 Å². The van der Waals surface area contributed by atoms with Gasteiger partial charge in [-0.25, -0.2) is 0 Å². The third-order valence-corrected chi connectivity index (χ3v) is 6.80. The molecule has 0 heterocycles. The molecule has 0 radical (unpaired) electrons. The van der Waals surface area contributed by atoms with E-state index in [0.29, 0.717) is 15.5 Å². The second kappa shape index (κ2) is 7.68. The zero-order valence-corrected chi connectivity index (χ0v) is 18.1. The van der Waals surface area contributed by atoms with Gasteiger partial charge in [-0.2, -0.15) is 0 Å². The van der Waals surface area contributed by atoms with Crippen LogP contribution in [0, 0.1) is 20.8 Å². The van der Waals surface area contributed by atoms with E-state index >= 15 is 0 Å². The number of hydrogen-bond acceptors (Lipinski definition) is 0. The van der Waals surface area contributed by atoms with Crippen LogP contribution in [0.1, 0.15) is 16.7 Å². The van der Waals surface area contributed by atoms with Crippen LogP contribution in [0.15, 0.2) is 41.6 Å². The molecule has 0 nitrogen and oxygen atoms in total. The van der Waals surface area contributed by atoms with Gasteiger partial charge in [0.05, 0.1) is 25.1 Å². The number of halogens is 5. The number of benzene rings is 2. The van der Waals surface area contributed by atoms with Gasteiger partial charge in [0.2, 0.25) is 0 Å². The van der Waals surface area contributed by atoms with E-state index in [-0.39, 0.29) is 21.8 Å². The fourth-order valence-electron chi connectivity index (χ4n) is 3.50. The van der Waals surface area contributed by atoms with Gasteiger partial charge in [0.25, 0.3) is 6.71 Å². The van der Waals surface area contributed by atoms with Gasteiger partial charge in [0.1, 0.15) is 0 Å². The molecule has 0 saturated heterocycles. The first kappa shape index (κ1) is 20.0. The van der Waals surface area contributed by atoms with Gasteiger partial charge in [-0.3, -0.25) is 0 Å². The molecule has 2 aromatic rings. The van der Waals surface area contributed by atoms with Crippen LogP contribution in [0.4, 0.5) is 0 Å². The summed E-state index contributed by atoms with van der Waals surface area (Å²) in [6.45, 7) is 5.97. The van der Waals surface area contributed by atoms with Gasteiger partial charge in [0.15, 0.2) is 0 Å². The Bertz CT molecular complexity index is 961. The second-order valence-electron chi connectivity index (χ2n) is 6.35. The average Bonchev–Trinajstić information content (AvgIpc) is 3.10. The van der Waals surface area contributed by atoms with Gasteiger partial charge >= 0.3 is 0 Å². The van der Waals surface area contributed by atoms with Crippen LogP contribution in [-0.2, 0) is 0 Å². The summed E-state index contributed by atoms with van der Waals surface area (Å²) in [6.07, 6.45) is 5.79. The Hall–Kier alpha value is -0.785. The summed E-state index contributed by atoms with van der Waals surface area (Å²) in [5.74, 6) is 0. The lowest BCUT2D eigenvalue weighted by molar-refractivity contribution is 1.35. The van der Waals surface area contributed by atoms with E-state index in [1.54, 1.807) is 0 Å². The standard InChI is InChI=1S/C20H14BCl5/c1-10-8-11(2)14(12(3)9-10)21(13-6-4-5-7-13)15-16(22)18(24)20(26)19(25)17(15)23/h4-6,8-9H,1-3H3. The molecule has 0 fully saturated rings. The van der Waals surface area contributed by atoms with E-state index in [0.717, 1.165) is 22.1 Å². The summed E-state index contributed by atoms with van der Waals surface area (Å²) < 4.78 is 0. The van der Waals surface area contributed by atoms with Crippen molar-refractivity contribution in [2.75, 3.05) is 0 Å². The molecule has 132 valence electrons. The lowest BCUT2D eigenvalue weighted by atomic mass is 9.35. The molecule has 2 aromatic carbocycles. The maximum atomic E-state index is 6.60. The third-order valence-electron chi connectivity index (χ3n) is 4.49. The first-order chi connectivity index (χ1) is 12.2. The van der Waals surface area contributed by atoms with E-state index < -0.39 is 0 Å². The van der Waals surface area contributed by atoms with Gasteiger partial charge in [0, 0.05) is 0 Å². The normalized spacial score (nSPS) is 12.7. The third kappa shape index (κ3) is 3.38. The van der Waals surface area contributed by atoms with Crippen molar-refractivity contribution in [1.82, 2.24) is 0 Å². The first-order valence-electron chi connectivity index (χ1n) is 7.96. The van der Waals surface area contributed by atoms with Crippen LogP contribution in [0.5, 0.6) is 0 Å². The number of hydrogen-bond donors (Lipinski definition) is 0. The monoisotopic (exact) mass is 440 g/mol. The van der Waals surface area contributed by atoms with Gasteiger partial charge in [-0.05, 0) is 37.8 Å². The Morgan fingerprint density at radius 3 is 1.69 bits per heavy atom. The Kier molecular flexibility index (Phi) is 5.90. The van der Waals surface area contributed by atoms with Crippen LogP contribution in [0.2, 0.25) is 25.1 Å². The molecule has 6 heteroatoms. The predicted octanol–water partition coefficient (Wildman–Crippen LogP) is 6.68. The van der Waals surface area contributed by atoms with Crippen molar-refractivity contribution in [2.24, 2.45) is 0 Å². The minimum absolute atomic E-state index is 0.162. The number of rotatable bonds is 3. The molecule has 0 spiro atoms. The van der Waals surface area contributed by atoms with Crippen molar-refractivity contribution in [1.29, 1.82) is 0 Å². The van der Waals surface area contributed by atoms with Crippen LogP contribution < -0.4 is 10.9 Å². The van der Waals surface area contributed by atoms with Crippen LogP contribution in [-0.4, -0.2) is 6.71 Å². The second-order valence-corrected chi connectivity index (χ2v) is 8.24. The molecule has 0 unspecified atom stereocenters. The highest BCUT2D eigenvalue weighted by molar-refractivity contribution is 6.95. The average molecular weight is 442 g/mol. The fraction of sp³-hybridized carbons (Fsp3) is 0.150. The van der Waals surface area contributed by atoms with Crippen LogP contribution in [0.25, 0.3) is 0 Å². The maximum Gasteiger partial charge on any atom is 0.255 e. The molecule has 1 aliphatic carbocycles. The molecule has 0 bridgehead atoms. The molecule has 0 amide bonds. The van der Waals surface area contributed by atoms with Gasteiger partial charge in [-0.1, -0.05) is 104 Å². The van der Waals surface area contributed by atoms with Crippen molar-refractivity contribution in [3.05, 3.63) is 83.4 Å². The largest absolute Gasteiger partial charge is 0.255 e. The van der Waals surface area contributed by atoms with Crippen LogP contribution in [0.3, 0.4) is 0 Å². The minimum atomic E-state index is -0.252. The van der Waals surface area contributed by atoms with Crippen molar-refractivity contribution >= 4 is 75.6 Å². The first-order valence-corrected chi connectivity index (χ1v) is 9.85. The van der Waals surface area contributed by atoms with Crippen molar-refractivity contribution in [3.8, 4) is 0 Å². The van der Waals surface area contributed by atoms with Crippen molar-refractivity contribution in [2.45, 2.75) is 20.8 Å². The molecular formula is C20H14BCl5. The molecule has 26 heavy (non-hydrogen) atoms. The summed E-state index contributed by atoms with van der Waals surface area (Å²) in [7, 11) is 0. The summed E-state index contributed by atoms with van der Waals surface area (Å²) in [5.41, 5.74) is 9.43. The number of aryl methyl sites for hydroxylation is 3. The van der Waals surface area contributed by atoms with Gasteiger partial charge < -0.3 is 0 Å². The van der Waals surface area contributed by atoms with E-state index in [1.807, 2.05) is 18.2 Å². The molecule has 0 aromatic heterocycles. The molecule has 0 aliphatic heterocycles. The molecule has 0 atom stereocenters. The molecule has 1 aliphatic rings. The summed E-state index contributed by atoms with van der Waals surface area (Å²) in [5, 5.41) is 1.19. The maximum absolute atomic E-state index is 6.60. The smallest absolute Gasteiger partial charge is 0.126 e. The Morgan fingerprint density at radius 1 is 0.731 bits per heavy atom. The quantitative estimate of drug-likeness (QED) is 0.215. The molecule has 0 N–H and O–H groups in total. The number of allylic oxidation sites excluding steroid dienone is 3. The summed E-state index contributed by atoms with van der Waals surface area (Å²) in [4.78, 5) is 0. The highest BCUT2D eigenvalue weighted by Gasteiger charge is 2.33. The predicted molar refractivity (Wildman–Crippen MR) is 118 cm³/mol. The zero-order valence-electron chi connectivity index (χ0n) is 14.4. The Balaban J connectivity index is 2.40. The lowest BCUT2D eigenvalue weighted by Gasteiger charge is -2.23. The molecule has 0 saturated carbocycles. The van der Waals surface area contributed by atoms with Crippen molar-refractivity contribution in [3.63, 3.8) is 0 Å². The van der Waals surface area contributed by atoms with Gasteiger partial charge in [-0.15, -0.1) is 5.73 Å². The summed E-state index contributed by atoms with van der Waals surface area (Å²) >= 11 is 32.1. The van der Waals surface area contributed by atoms with E-state index in [4.69, 9.17) is 58.0 Å². The van der Waals surface area contributed by atoms with Crippen LogP contribution >= 0.6 is 58.0 Å². The van der Waals surface area contributed by atoms with E-state index in [9.17, 15) is 0 Å². The molecule has 3 rings (SSSR count). The topological polar surface area (TPSA) is 0 Å². The lowest BCUT2D eigenvalue weighted by Crippen LogP contribution is -2.47. The molecular weight excluding hydrogens is 428 g/mol. The Labute approximate surface area is 179 Å². The zero-order chi connectivity index (χ0) is 19.2. The highest BCUT2D eigenvalue weighted by atomic mass is 35.5. The van der Waals surface area contributed by atoms with E-state index in [2.05, 4.69) is 38.6 Å². The van der Waals surface area contributed by atoms with E-state index in [1.165, 1.54) is 5.56 Å². The Morgan fingerprint density at radius 2 is 1.23 bits per heavy atom. The minimum Gasteiger partial charge on any atom is -0.126 e.